The highest BCUT2D eigenvalue weighted by Gasteiger charge is 2.20. The summed E-state index contributed by atoms with van der Waals surface area (Å²) < 4.78 is 25.1. The topological polar surface area (TPSA) is 98.6 Å². The Morgan fingerprint density at radius 1 is 1.09 bits per heavy atom. The molecule has 10 heteroatoms. The van der Waals surface area contributed by atoms with Gasteiger partial charge in [0.05, 0.1) is 36.6 Å². The predicted octanol–water partition coefficient (Wildman–Crippen LogP) is 4.55. The monoisotopic (exact) mass is 477 g/mol. The minimum atomic E-state index is -0.618. The van der Waals surface area contributed by atoms with E-state index in [0.29, 0.717) is 40.3 Å². The quantitative estimate of drug-likeness (QED) is 0.419. The van der Waals surface area contributed by atoms with Gasteiger partial charge in [-0.25, -0.2) is 19.2 Å². The summed E-state index contributed by atoms with van der Waals surface area (Å²) in [5, 5.41) is 2.50. The molecule has 0 unspecified atom stereocenters. The number of carbonyl (C=O) groups excluding carboxylic acids is 2. The molecule has 2 aromatic carbocycles. The Labute approximate surface area is 201 Å². The molecule has 2 aromatic heterocycles. The van der Waals surface area contributed by atoms with Crippen LogP contribution >= 0.6 is 0 Å². The molecular weight excluding hydrogens is 453 g/mol. The molecule has 0 fully saturated rings. The molecule has 0 aliphatic rings. The molecule has 1 N–H and O–H groups in total. The number of carbonyl (C=O) groups is 2. The predicted molar refractivity (Wildman–Crippen MR) is 129 cm³/mol. The van der Waals surface area contributed by atoms with Gasteiger partial charge in [-0.3, -0.25) is 14.7 Å². The largest absolute Gasteiger partial charge is 0.453 e. The van der Waals surface area contributed by atoms with Crippen molar-refractivity contribution in [1.29, 1.82) is 0 Å². The second kappa shape index (κ2) is 10.3. The highest BCUT2D eigenvalue weighted by Crippen LogP contribution is 2.26. The summed E-state index contributed by atoms with van der Waals surface area (Å²) in [6.07, 6.45) is 2.60. The minimum absolute atomic E-state index is 0.234. The van der Waals surface area contributed by atoms with Crippen LogP contribution in [0.25, 0.3) is 16.7 Å². The first kappa shape index (κ1) is 23.8. The highest BCUT2D eigenvalue weighted by atomic mass is 19.1. The molecule has 2 amide bonds. The van der Waals surface area contributed by atoms with Gasteiger partial charge in [-0.15, -0.1) is 0 Å². The molecule has 0 bridgehead atoms. The summed E-state index contributed by atoms with van der Waals surface area (Å²) >= 11 is 0. The number of rotatable bonds is 7. The van der Waals surface area contributed by atoms with Gasteiger partial charge in [0, 0.05) is 30.5 Å². The zero-order valence-corrected chi connectivity index (χ0v) is 19.5. The third kappa shape index (κ3) is 4.97. The zero-order chi connectivity index (χ0) is 24.9. The van der Waals surface area contributed by atoms with E-state index in [0.717, 1.165) is 5.56 Å². The molecule has 0 radical (unpaired) electrons. The van der Waals surface area contributed by atoms with E-state index in [4.69, 9.17) is 4.74 Å². The highest BCUT2D eigenvalue weighted by molar-refractivity contribution is 6.08. The third-order valence-corrected chi connectivity index (χ3v) is 5.42. The van der Waals surface area contributed by atoms with Crippen LogP contribution in [0.15, 0.2) is 61.1 Å². The van der Waals surface area contributed by atoms with Gasteiger partial charge in [0.15, 0.2) is 0 Å². The van der Waals surface area contributed by atoms with Crippen LogP contribution < -0.4 is 10.2 Å². The van der Waals surface area contributed by atoms with Gasteiger partial charge in [0.25, 0.3) is 5.91 Å². The lowest BCUT2D eigenvalue weighted by molar-refractivity contribution is 0.0988. The van der Waals surface area contributed by atoms with Crippen molar-refractivity contribution < 1.29 is 23.5 Å². The smallest absolute Gasteiger partial charge is 0.412 e. The molecule has 2 heterocycles. The SMILES string of the molecule is CCN(C(=O)c1cc(COC)c2ncn(-c3ccc(NC(=O)OC)nc3)c2c1)c1ccc(F)cc1. The lowest BCUT2D eigenvalue weighted by Gasteiger charge is -2.21. The first-order valence-electron chi connectivity index (χ1n) is 10.8. The van der Waals surface area contributed by atoms with E-state index in [2.05, 4.69) is 20.0 Å². The maximum absolute atomic E-state index is 13.5. The van der Waals surface area contributed by atoms with Gasteiger partial charge in [-0.2, -0.15) is 0 Å². The molecule has 4 rings (SSSR count). The van der Waals surface area contributed by atoms with Crippen molar-refractivity contribution in [1.82, 2.24) is 14.5 Å². The zero-order valence-electron chi connectivity index (χ0n) is 19.5. The number of pyridine rings is 1. The van der Waals surface area contributed by atoms with Crippen molar-refractivity contribution in [2.24, 2.45) is 0 Å². The Balaban J connectivity index is 1.75. The Kier molecular flexibility index (Phi) is 7.02. The third-order valence-electron chi connectivity index (χ3n) is 5.42. The maximum atomic E-state index is 13.5. The first-order chi connectivity index (χ1) is 16.9. The lowest BCUT2D eigenvalue weighted by atomic mass is 10.1. The molecule has 0 atom stereocenters. The van der Waals surface area contributed by atoms with Crippen molar-refractivity contribution in [2.75, 3.05) is 31.0 Å². The summed E-state index contributed by atoms with van der Waals surface area (Å²) in [6, 6.07) is 12.7. The van der Waals surface area contributed by atoms with E-state index in [1.165, 1.54) is 19.2 Å². The number of hydrogen-bond donors (Lipinski definition) is 1. The summed E-state index contributed by atoms with van der Waals surface area (Å²) in [5.74, 6) is -0.271. The molecule has 0 saturated heterocycles. The van der Waals surface area contributed by atoms with Crippen molar-refractivity contribution in [2.45, 2.75) is 13.5 Å². The van der Waals surface area contributed by atoms with Gasteiger partial charge in [-0.1, -0.05) is 0 Å². The normalized spacial score (nSPS) is 10.9. The van der Waals surface area contributed by atoms with Gasteiger partial charge >= 0.3 is 6.09 Å². The van der Waals surface area contributed by atoms with Gasteiger partial charge in [0.1, 0.15) is 18.0 Å². The fourth-order valence-corrected chi connectivity index (χ4v) is 3.76. The van der Waals surface area contributed by atoms with Crippen LogP contribution in [0.1, 0.15) is 22.8 Å². The number of benzene rings is 2. The molecule has 0 saturated carbocycles. The number of hydrogen-bond acceptors (Lipinski definition) is 6. The van der Waals surface area contributed by atoms with Crippen molar-refractivity contribution in [3.05, 3.63) is 78.0 Å². The standard InChI is InChI=1S/C25H24FN5O4/c1-4-30(19-7-5-18(26)6-8-19)24(32)16-11-17(14-34-2)23-21(12-16)31(15-28-23)20-9-10-22(27-13-20)29-25(33)35-3/h5-13,15H,4,14H2,1-3H3,(H,27,29,33). The number of nitrogens with zero attached hydrogens (tertiary/aromatic N) is 4. The van der Waals surface area contributed by atoms with Crippen molar-refractivity contribution >= 4 is 34.5 Å². The summed E-state index contributed by atoms with van der Waals surface area (Å²) in [4.78, 5) is 35.3. The number of methoxy groups -OCH3 is 2. The Bertz CT molecular complexity index is 1350. The molecule has 9 nitrogen and oxygen atoms in total. The van der Waals surface area contributed by atoms with E-state index in [9.17, 15) is 14.0 Å². The Morgan fingerprint density at radius 2 is 1.86 bits per heavy atom. The van der Waals surface area contributed by atoms with Crippen molar-refractivity contribution in [3.8, 4) is 5.69 Å². The van der Waals surface area contributed by atoms with Gasteiger partial charge in [-0.05, 0) is 55.5 Å². The number of fused-ring (bicyclic) bond motifs is 1. The second-order valence-corrected chi connectivity index (χ2v) is 7.59. The van der Waals surface area contributed by atoms with E-state index >= 15 is 0 Å². The maximum Gasteiger partial charge on any atom is 0.412 e. The van der Waals surface area contributed by atoms with E-state index in [1.54, 1.807) is 65.5 Å². The van der Waals surface area contributed by atoms with Crippen LogP contribution in [0.2, 0.25) is 0 Å². The number of halogens is 1. The van der Waals surface area contributed by atoms with Crippen molar-refractivity contribution in [3.63, 3.8) is 0 Å². The molecule has 4 aromatic rings. The molecule has 180 valence electrons. The molecular formula is C25H24FN5O4. The number of amides is 2. The van der Waals surface area contributed by atoms with Crippen LogP contribution in [0.5, 0.6) is 0 Å². The molecule has 35 heavy (non-hydrogen) atoms. The summed E-state index contributed by atoms with van der Waals surface area (Å²) in [7, 11) is 2.85. The van der Waals surface area contributed by atoms with Gasteiger partial charge < -0.3 is 14.4 Å². The Hall–Kier alpha value is -4.31. The average Bonchev–Trinajstić information content (AvgIpc) is 3.30. The molecule has 0 aliphatic heterocycles. The Morgan fingerprint density at radius 3 is 2.49 bits per heavy atom. The number of anilines is 2. The van der Waals surface area contributed by atoms with E-state index in [-0.39, 0.29) is 18.3 Å². The molecule has 0 spiro atoms. The fraction of sp³-hybridized carbons (Fsp3) is 0.200. The van der Waals surface area contributed by atoms with E-state index < -0.39 is 6.09 Å². The van der Waals surface area contributed by atoms with Crippen LogP contribution in [0.3, 0.4) is 0 Å². The first-order valence-corrected chi connectivity index (χ1v) is 10.8. The molecule has 0 aliphatic carbocycles. The van der Waals surface area contributed by atoms with Crippen LogP contribution in [0.4, 0.5) is 20.7 Å². The number of nitrogens with one attached hydrogen (secondary N) is 1. The minimum Gasteiger partial charge on any atom is -0.453 e. The fourth-order valence-electron chi connectivity index (χ4n) is 3.76. The average molecular weight is 477 g/mol. The lowest BCUT2D eigenvalue weighted by Crippen LogP contribution is -2.30. The van der Waals surface area contributed by atoms with Crippen LogP contribution in [-0.2, 0) is 16.1 Å². The summed E-state index contributed by atoms with van der Waals surface area (Å²) in [6.45, 7) is 2.52. The summed E-state index contributed by atoms with van der Waals surface area (Å²) in [5.41, 5.74) is 3.84. The number of ether oxygens (including phenoxy) is 2. The number of imidazole rings is 1. The van der Waals surface area contributed by atoms with Crippen LogP contribution in [-0.4, -0.2) is 47.3 Å². The van der Waals surface area contributed by atoms with Gasteiger partial charge in [0.2, 0.25) is 0 Å². The second-order valence-electron chi connectivity index (χ2n) is 7.59. The number of aromatic nitrogens is 3. The van der Waals surface area contributed by atoms with Crippen LogP contribution in [0, 0.1) is 5.82 Å². The van der Waals surface area contributed by atoms with E-state index in [1.807, 2.05) is 6.92 Å².